The quantitative estimate of drug-likeness (QED) is 0.721. The molecule has 2 aliphatic heterocycles. The van der Waals surface area contributed by atoms with E-state index in [0.717, 1.165) is 17.0 Å². The van der Waals surface area contributed by atoms with Crippen molar-refractivity contribution in [3.05, 3.63) is 77.5 Å². The van der Waals surface area contributed by atoms with Gasteiger partial charge < -0.3 is 4.74 Å². The van der Waals surface area contributed by atoms with Crippen LogP contribution < -0.4 is 4.74 Å². The normalized spacial score (nSPS) is 23.9. The molecule has 0 saturated carbocycles. The number of fused-ring (bicyclic) bond motifs is 4. The number of hydrogen-bond donors (Lipinski definition) is 0. The molecular weight excluding hydrogens is 294 g/mol. The van der Waals surface area contributed by atoms with E-state index in [9.17, 15) is 0 Å². The van der Waals surface area contributed by atoms with Gasteiger partial charge in [0.1, 0.15) is 11.9 Å². The van der Waals surface area contributed by atoms with Crippen LogP contribution in [0.3, 0.4) is 0 Å². The number of benzene rings is 2. The lowest BCUT2D eigenvalue weighted by molar-refractivity contribution is 0.216. The monoisotopic (exact) mass is 313 g/mol. The zero-order valence-corrected chi connectivity index (χ0v) is 13.9. The zero-order chi connectivity index (χ0) is 16.3. The van der Waals surface area contributed by atoms with E-state index in [1.54, 1.807) is 0 Å². The zero-order valence-electron chi connectivity index (χ0n) is 13.9. The number of allylic oxidation sites excluding steroid dienone is 3. The lowest BCUT2D eigenvalue weighted by Gasteiger charge is -2.38. The molecule has 0 fully saturated rings. The van der Waals surface area contributed by atoms with Gasteiger partial charge >= 0.3 is 0 Å². The highest BCUT2D eigenvalue weighted by molar-refractivity contribution is 6.12. The van der Waals surface area contributed by atoms with Crippen molar-refractivity contribution in [1.82, 2.24) is 0 Å². The molecular formula is C22H19NO. The molecule has 3 aliphatic rings. The maximum atomic E-state index is 6.53. The van der Waals surface area contributed by atoms with E-state index in [4.69, 9.17) is 9.73 Å². The molecule has 24 heavy (non-hydrogen) atoms. The molecule has 2 aromatic rings. The number of aliphatic imine (C=N–C) groups is 1. The number of rotatable bonds is 1. The molecule has 0 spiro atoms. The van der Waals surface area contributed by atoms with Crippen LogP contribution in [0.2, 0.25) is 0 Å². The molecule has 0 bridgehead atoms. The Hall–Kier alpha value is -2.61. The molecule has 2 unspecified atom stereocenters. The first-order chi connectivity index (χ1) is 11.7. The Bertz CT molecular complexity index is 975. The van der Waals surface area contributed by atoms with Gasteiger partial charge in [-0.25, -0.2) is 0 Å². The van der Waals surface area contributed by atoms with Gasteiger partial charge in [-0.05, 0) is 40.7 Å². The van der Waals surface area contributed by atoms with Crippen LogP contribution in [-0.2, 0) is 0 Å². The van der Waals surface area contributed by atoms with Crippen molar-refractivity contribution < 1.29 is 4.74 Å². The van der Waals surface area contributed by atoms with Crippen molar-refractivity contribution in [3.8, 4) is 5.75 Å². The van der Waals surface area contributed by atoms with Crippen LogP contribution in [0.25, 0.3) is 10.8 Å². The maximum absolute atomic E-state index is 6.53. The van der Waals surface area contributed by atoms with Crippen molar-refractivity contribution in [2.24, 2.45) is 16.8 Å². The highest BCUT2D eigenvalue weighted by Gasteiger charge is 2.39. The van der Waals surface area contributed by atoms with E-state index >= 15 is 0 Å². The van der Waals surface area contributed by atoms with Crippen LogP contribution in [0, 0.1) is 11.8 Å². The summed E-state index contributed by atoms with van der Waals surface area (Å²) in [5.74, 6) is 1.68. The van der Waals surface area contributed by atoms with Gasteiger partial charge in [-0.15, -0.1) is 0 Å². The van der Waals surface area contributed by atoms with E-state index in [1.165, 1.54) is 21.9 Å². The first kappa shape index (κ1) is 13.8. The summed E-state index contributed by atoms with van der Waals surface area (Å²) in [6.45, 7) is 4.47. The Morgan fingerprint density at radius 3 is 2.83 bits per heavy atom. The van der Waals surface area contributed by atoms with Crippen LogP contribution in [0.1, 0.15) is 19.4 Å². The summed E-state index contributed by atoms with van der Waals surface area (Å²) in [5.41, 5.74) is 4.93. The first-order valence-corrected chi connectivity index (χ1v) is 8.59. The lowest BCUT2D eigenvalue weighted by atomic mass is 9.75. The van der Waals surface area contributed by atoms with Crippen molar-refractivity contribution >= 4 is 16.5 Å². The van der Waals surface area contributed by atoms with Crippen LogP contribution in [0.15, 0.2) is 77.0 Å². The lowest BCUT2D eigenvalue weighted by Crippen LogP contribution is -2.40. The molecule has 2 nitrogen and oxygen atoms in total. The fourth-order valence-electron chi connectivity index (χ4n) is 3.96. The summed E-state index contributed by atoms with van der Waals surface area (Å²) >= 11 is 0. The molecule has 2 heteroatoms. The predicted molar refractivity (Wildman–Crippen MR) is 98.5 cm³/mol. The number of hydrogen-bond acceptors (Lipinski definition) is 2. The summed E-state index contributed by atoms with van der Waals surface area (Å²) in [6.07, 6.45) is 8.70. The Kier molecular flexibility index (Phi) is 2.84. The standard InChI is InChI=1S/C22H19NO/c1-13(2)16-11-15-9-10-23-21-18-8-7-14-5-3-4-6-17(14)22(18)24-19(12-16)20(15)21/h3-13,19-20H,1-2H3. The second-order valence-corrected chi connectivity index (χ2v) is 7.02. The van der Waals surface area contributed by atoms with E-state index in [0.29, 0.717) is 5.92 Å². The molecule has 0 saturated heterocycles. The topological polar surface area (TPSA) is 21.6 Å². The summed E-state index contributed by atoms with van der Waals surface area (Å²) in [6, 6.07) is 12.7. The second kappa shape index (κ2) is 4.94. The third-order valence-corrected chi connectivity index (χ3v) is 5.23. The highest BCUT2D eigenvalue weighted by Crippen LogP contribution is 2.44. The Balaban J connectivity index is 1.76. The summed E-state index contributed by atoms with van der Waals surface area (Å²) in [5, 5.41) is 2.38. The second-order valence-electron chi connectivity index (χ2n) is 7.02. The van der Waals surface area contributed by atoms with Crippen molar-refractivity contribution in [1.29, 1.82) is 0 Å². The van der Waals surface area contributed by atoms with Gasteiger partial charge in [-0.2, -0.15) is 0 Å². The average molecular weight is 313 g/mol. The molecule has 2 aromatic carbocycles. The Morgan fingerprint density at radius 2 is 1.96 bits per heavy atom. The Labute approximate surface area is 141 Å². The molecule has 2 atom stereocenters. The predicted octanol–water partition coefficient (Wildman–Crippen LogP) is 5.06. The van der Waals surface area contributed by atoms with E-state index in [-0.39, 0.29) is 12.0 Å². The summed E-state index contributed by atoms with van der Waals surface area (Å²) in [4.78, 5) is 4.74. The van der Waals surface area contributed by atoms with Gasteiger partial charge in [0.15, 0.2) is 0 Å². The molecule has 0 amide bonds. The summed E-state index contributed by atoms with van der Waals surface area (Å²) in [7, 11) is 0. The largest absolute Gasteiger partial charge is 0.484 e. The molecule has 5 rings (SSSR count). The van der Waals surface area contributed by atoms with Gasteiger partial charge in [-0.3, -0.25) is 4.99 Å². The van der Waals surface area contributed by atoms with Crippen molar-refractivity contribution in [3.63, 3.8) is 0 Å². The molecule has 0 aromatic heterocycles. The molecule has 0 N–H and O–H groups in total. The Morgan fingerprint density at radius 1 is 1.08 bits per heavy atom. The van der Waals surface area contributed by atoms with Gasteiger partial charge in [0, 0.05) is 17.1 Å². The van der Waals surface area contributed by atoms with Crippen LogP contribution >= 0.6 is 0 Å². The van der Waals surface area contributed by atoms with Crippen molar-refractivity contribution in [2.75, 3.05) is 0 Å². The molecule has 118 valence electrons. The summed E-state index contributed by atoms with van der Waals surface area (Å²) < 4.78 is 6.53. The molecule has 2 heterocycles. The highest BCUT2D eigenvalue weighted by atomic mass is 16.5. The third kappa shape index (κ3) is 1.86. The minimum Gasteiger partial charge on any atom is -0.484 e. The number of ether oxygens (including phenoxy) is 1. The minimum atomic E-state index is 0.0319. The maximum Gasteiger partial charge on any atom is 0.137 e. The fourth-order valence-corrected chi connectivity index (χ4v) is 3.96. The van der Waals surface area contributed by atoms with Gasteiger partial charge in [0.05, 0.1) is 11.6 Å². The van der Waals surface area contributed by atoms with Crippen LogP contribution in [-0.4, -0.2) is 11.8 Å². The van der Waals surface area contributed by atoms with E-state index in [2.05, 4.69) is 68.5 Å². The van der Waals surface area contributed by atoms with Gasteiger partial charge in [0.2, 0.25) is 0 Å². The average Bonchev–Trinajstić information content (AvgIpc) is 2.61. The SMILES string of the molecule is CC(C)C1=CC2Oc3c(ccc4ccccc34)C3=NC=CC(=C1)C32. The van der Waals surface area contributed by atoms with Crippen LogP contribution in [0.5, 0.6) is 5.75 Å². The van der Waals surface area contributed by atoms with E-state index in [1.807, 2.05) is 6.20 Å². The third-order valence-electron chi connectivity index (χ3n) is 5.23. The van der Waals surface area contributed by atoms with E-state index < -0.39 is 0 Å². The number of nitrogens with zero attached hydrogens (tertiary/aromatic N) is 1. The van der Waals surface area contributed by atoms with Crippen LogP contribution in [0.4, 0.5) is 0 Å². The van der Waals surface area contributed by atoms with Crippen molar-refractivity contribution in [2.45, 2.75) is 20.0 Å². The first-order valence-electron chi connectivity index (χ1n) is 8.59. The smallest absolute Gasteiger partial charge is 0.137 e. The minimum absolute atomic E-state index is 0.0319. The molecule has 1 aliphatic carbocycles. The molecule has 0 radical (unpaired) electrons. The fraction of sp³-hybridized carbons (Fsp3) is 0.227. The van der Waals surface area contributed by atoms with Gasteiger partial charge in [-0.1, -0.05) is 50.3 Å². The van der Waals surface area contributed by atoms with Gasteiger partial charge in [0.25, 0.3) is 0 Å².